The van der Waals surface area contributed by atoms with Crippen LogP contribution in [-0.4, -0.2) is 15.9 Å². The fourth-order valence-electron chi connectivity index (χ4n) is 2.17. The number of aryl methyl sites for hydroxylation is 2. The number of hydrogen-bond donors (Lipinski definition) is 1. The smallest absolute Gasteiger partial charge is 0.259 e. The molecule has 0 spiro atoms. The molecule has 0 aliphatic carbocycles. The number of halogens is 1. The van der Waals surface area contributed by atoms with E-state index in [9.17, 15) is 4.79 Å². The average molecular weight is 388 g/mol. The largest absolute Gasteiger partial charge is 0.298 e. The Morgan fingerprint density at radius 3 is 2.83 bits per heavy atom. The minimum Gasteiger partial charge on any atom is -0.298 e. The van der Waals surface area contributed by atoms with Crippen LogP contribution in [0.1, 0.15) is 21.5 Å². The summed E-state index contributed by atoms with van der Waals surface area (Å²) in [5.41, 5.74) is 4.80. The second-order valence-electron chi connectivity index (χ2n) is 5.20. The van der Waals surface area contributed by atoms with Crippen LogP contribution >= 0.6 is 27.3 Å². The fourth-order valence-corrected chi connectivity index (χ4v) is 3.24. The van der Waals surface area contributed by atoms with Gasteiger partial charge in [0.1, 0.15) is 0 Å². The van der Waals surface area contributed by atoms with Crippen LogP contribution in [0, 0.1) is 13.8 Å². The van der Waals surface area contributed by atoms with E-state index < -0.39 is 0 Å². The van der Waals surface area contributed by atoms with Gasteiger partial charge in [-0.3, -0.25) is 15.1 Å². The van der Waals surface area contributed by atoms with Crippen LogP contribution in [0.5, 0.6) is 0 Å². The molecule has 0 aliphatic rings. The van der Waals surface area contributed by atoms with Gasteiger partial charge in [0.25, 0.3) is 5.91 Å². The first-order valence-corrected chi connectivity index (χ1v) is 8.65. The lowest BCUT2D eigenvalue weighted by atomic mass is 10.0. The van der Waals surface area contributed by atoms with Gasteiger partial charge in [-0.25, -0.2) is 4.98 Å². The summed E-state index contributed by atoms with van der Waals surface area (Å²) in [6.07, 6.45) is 3.16. The lowest BCUT2D eigenvalue weighted by Crippen LogP contribution is -2.11. The maximum atomic E-state index is 12.2. The molecule has 1 amide bonds. The summed E-state index contributed by atoms with van der Waals surface area (Å²) in [4.78, 5) is 20.7. The highest BCUT2D eigenvalue weighted by atomic mass is 79.9. The summed E-state index contributed by atoms with van der Waals surface area (Å²) in [5, 5.41) is 5.35. The highest BCUT2D eigenvalue weighted by Crippen LogP contribution is 2.28. The topological polar surface area (TPSA) is 54.9 Å². The van der Waals surface area contributed by atoms with E-state index in [2.05, 4.69) is 63.3 Å². The Morgan fingerprint density at radius 2 is 2.04 bits per heavy atom. The van der Waals surface area contributed by atoms with Crippen LogP contribution in [0.25, 0.3) is 11.3 Å². The number of aromatic nitrogens is 2. The molecule has 0 bridgehead atoms. The second kappa shape index (κ2) is 6.60. The molecule has 0 fully saturated rings. The number of hydrogen-bond acceptors (Lipinski definition) is 4. The molecule has 1 N–H and O–H groups in total. The Labute approximate surface area is 146 Å². The predicted octanol–water partition coefficient (Wildman–Crippen LogP) is 4.84. The van der Waals surface area contributed by atoms with Gasteiger partial charge in [0.2, 0.25) is 0 Å². The van der Waals surface area contributed by atoms with Crippen molar-refractivity contribution in [1.29, 1.82) is 0 Å². The van der Waals surface area contributed by atoms with E-state index in [1.807, 2.05) is 5.38 Å². The molecule has 2 heterocycles. The number of benzene rings is 1. The summed E-state index contributed by atoms with van der Waals surface area (Å²) in [6, 6.07) is 7.99. The van der Waals surface area contributed by atoms with Crippen molar-refractivity contribution in [2.24, 2.45) is 0 Å². The summed E-state index contributed by atoms with van der Waals surface area (Å²) >= 11 is 4.72. The van der Waals surface area contributed by atoms with E-state index in [1.54, 1.807) is 12.3 Å². The van der Waals surface area contributed by atoms with Gasteiger partial charge in [-0.05, 0) is 47.5 Å². The van der Waals surface area contributed by atoms with Crippen molar-refractivity contribution in [2.45, 2.75) is 13.8 Å². The molecule has 0 aliphatic heterocycles. The first-order chi connectivity index (χ1) is 11.0. The normalized spacial score (nSPS) is 10.6. The summed E-state index contributed by atoms with van der Waals surface area (Å²) in [6.45, 7) is 4.11. The van der Waals surface area contributed by atoms with E-state index in [0.29, 0.717) is 10.7 Å². The molecule has 0 unspecified atom stereocenters. The van der Waals surface area contributed by atoms with E-state index >= 15 is 0 Å². The summed E-state index contributed by atoms with van der Waals surface area (Å²) < 4.78 is 0.764. The lowest BCUT2D eigenvalue weighted by molar-refractivity contribution is 0.102. The molecule has 2 aromatic heterocycles. The van der Waals surface area contributed by atoms with Crippen LogP contribution < -0.4 is 5.32 Å². The van der Waals surface area contributed by atoms with Gasteiger partial charge in [0.15, 0.2) is 5.13 Å². The Balaban J connectivity index is 1.82. The van der Waals surface area contributed by atoms with E-state index in [-0.39, 0.29) is 5.91 Å². The molecule has 0 saturated heterocycles. The fraction of sp³-hybridized carbons (Fsp3) is 0.118. The van der Waals surface area contributed by atoms with Crippen molar-refractivity contribution in [2.75, 3.05) is 5.32 Å². The summed E-state index contributed by atoms with van der Waals surface area (Å²) in [7, 11) is 0. The number of pyridine rings is 1. The SMILES string of the molecule is Cc1ccc(C)c(-c2csc(NC(=O)c3cncc(Br)c3)n2)c1. The molecule has 0 radical (unpaired) electrons. The van der Waals surface area contributed by atoms with Crippen LogP contribution in [-0.2, 0) is 0 Å². The molecule has 4 nitrogen and oxygen atoms in total. The third-order valence-corrected chi connectivity index (χ3v) is 4.55. The molecule has 3 aromatic rings. The molecule has 1 aromatic carbocycles. The zero-order valence-corrected chi connectivity index (χ0v) is 15.0. The third kappa shape index (κ3) is 3.65. The van der Waals surface area contributed by atoms with Gasteiger partial charge in [0.05, 0.1) is 11.3 Å². The molecular formula is C17H14BrN3OS. The molecule has 116 valence electrons. The standard InChI is InChI=1S/C17H14BrN3OS/c1-10-3-4-11(2)14(5-10)15-9-23-17(20-15)21-16(22)12-6-13(18)8-19-7-12/h3-9H,1-2H3,(H,20,21,22). The quantitative estimate of drug-likeness (QED) is 0.699. The van der Waals surface area contributed by atoms with E-state index in [4.69, 9.17) is 0 Å². The highest BCUT2D eigenvalue weighted by Gasteiger charge is 2.12. The van der Waals surface area contributed by atoms with Gasteiger partial charge < -0.3 is 0 Å². The molecule has 23 heavy (non-hydrogen) atoms. The van der Waals surface area contributed by atoms with Gasteiger partial charge in [0, 0.05) is 27.8 Å². The number of thiazole rings is 1. The average Bonchev–Trinajstić information content (AvgIpc) is 2.98. The van der Waals surface area contributed by atoms with Gasteiger partial charge >= 0.3 is 0 Å². The van der Waals surface area contributed by atoms with Crippen molar-refractivity contribution in [3.8, 4) is 11.3 Å². The minimum atomic E-state index is -0.222. The van der Waals surface area contributed by atoms with Crippen LogP contribution in [0.3, 0.4) is 0 Å². The molecular weight excluding hydrogens is 374 g/mol. The van der Waals surface area contributed by atoms with E-state index in [0.717, 1.165) is 21.3 Å². The zero-order valence-electron chi connectivity index (χ0n) is 12.6. The molecule has 6 heteroatoms. The van der Waals surface area contributed by atoms with Gasteiger partial charge in [-0.2, -0.15) is 0 Å². The van der Waals surface area contributed by atoms with Gasteiger partial charge in [-0.1, -0.05) is 17.7 Å². The zero-order chi connectivity index (χ0) is 16.4. The minimum absolute atomic E-state index is 0.222. The third-order valence-electron chi connectivity index (χ3n) is 3.36. The maximum absolute atomic E-state index is 12.2. The first-order valence-electron chi connectivity index (χ1n) is 6.98. The number of anilines is 1. The number of rotatable bonds is 3. The van der Waals surface area contributed by atoms with Crippen LogP contribution in [0.4, 0.5) is 5.13 Å². The number of carbonyl (C=O) groups is 1. The van der Waals surface area contributed by atoms with Gasteiger partial charge in [-0.15, -0.1) is 11.3 Å². The Bertz CT molecular complexity index is 876. The lowest BCUT2D eigenvalue weighted by Gasteiger charge is -2.04. The maximum Gasteiger partial charge on any atom is 0.259 e. The highest BCUT2D eigenvalue weighted by molar-refractivity contribution is 9.10. The van der Waals surface area contributed by atoms with Crippen molar-refractivity contribution < 1.29 is 4.79 Å². The van der Waals surface area contributed by atoms with Crippen molar-refractivity contribution in [3.05, 3.63) is 63.2 Å². The Kier molecular flexibility index (Phi) is 4.54. The molecule has 0 atom stereocenters. The monoisotopic (exact) mass is 387 g/mol. The van der Waals surface area contributed by atoms with Crippen LogP contribution in [0.15, 0.2) is 46.5 Å². The Hall–Kier alpha value is -2.05. The van der Waals surface area contributed by atoms with Crippen molar-refractivity contribution in [3.63, 3.8) is 0 Å². The van der Waals surface area contributed by atoms with Crippen molar-refractivity contribution in [1.82, 2.24) is 9.97 Å². The number of nitrogens with zero attached hydrogens (tertiary/aromatic N) is 2. The van der Waals surface area contributed by atoms with Crippen LogP contribution in [0.2, 0.25) is 0 Å². The number of amides is 1. The molecule has 3 rings (SSSR count). The van der Waals surface area contributed by atoms with Crippen molar-refractivity contribution >= 4 is 38.3 Å². The molecule has 0 saturated carbocycles. The number of nitrogens with one attached hydrogen (secondary N) is 1. The van der Waals surface area contributed by atoms with E-state index in [1.165, 1.54) is 23.1 Å². The Morgan fingerprint density at radius 1 is 1.22 bits per heavy atom. The number of carbonyl (C=O) groups excluding carboxylic acids is 1. The first kappa shape index (κ1) is 15.8. The predicted molar refractivity (Wildman–Crippen MR) is 96.9 cm³/mol. The summed E-state index contributed by atoms with van der Waals surface area (Å²) in [5.74, 6) is -0.222. The second-order valence-corrected chi connectivity index (χ2v) is 6.98.